The number of rotatable bonds is 3. The van der Waals surface area contributed by atoms with Crippen LogP contribution in [0.4, 0.5) is 0 Å². The summed E-state index contributed by atoms with van der Waals surface area (Å²) in [6.07, 6.45) is 2.67. The van der Waals surface area contributed by atoms with Crippen LogP contribution in [0.25, 0.3) is 0 Å². The topological polar surface area (TPSA) is 66.5 Å². The third-order valence-corrected chi connectivity index (χ3v) is 6.69. The Balaban J connectivity index is 2.31. The van der Waals surface area contributed by atoms with Crippen molar-refractivity contribution >= 4 is 15.8 Å². The van der Waals surface area contributed by atoms with Gasteiger partial charge in [-0.25, -0.2) is 8.42 Å². The number of piperazine rings is 1. The van der Waals surface area contributed by atoms with Crippen molar-refractivity contribution in [2.24, 2.45) is 0 Å². The number of hydrogen-bond donors (Lipinski definition) is 1. The molecule has 1 saturated heterocycles. The predicted molar refractivity (Wildman–Crippen MR) is 65.2 cm³/mol. The van der Waals surface area contributed by atoms with Crippen molar-refractivity contribution in [3.8, 4) is 0 Å². The van der Waals surface area contributed by atoms with Gasteiger partial charge in [-0.2, -0.15) is 4.31 Å². The minimum atomic E-state index is -3.48. The third kappa shape index (κ3) is 2.02. The Kier molecular flexibility index (Phi) is 3.56. The van der Waals surface area contributed by atoms with Gasteiger partial charge in [-0.1, -0.05) is 12.8 Å². The summed E-state index contributed by atoms with van der Waals surface area (Å²) >= 11 is 0. The van der Waals surface area contributed by atoms with E-state index in [4.69, 9.17) is 0 Å². The third-order valence-electron chi connectivity index (χ3n) is 3.96. The molecule has 0 aromatic heterocycles. The highest BCUT2D eigenvalue weighted by Crippen LogP contribution is 2.39. The minimum absolute atomic E-state index is 0.187. The second-order valence-corrected chi connectivity index (χ2v) is 7.16. The van der Waals surface area contributed by atoms with Gasteiger partial charge >= 0.3 is 0 Å². The van der Waals surface area contributed by atoms with Crippen LogP contribution in [0.3, 0.4) is 0 Å². The van der Waals surface area contributed by atoms with Crippen LogP contribution >= 0.6 is 0 Å². The first kappa shape index (κ1) is 13.0. The summed E-state index contributed by atoms with van der Waals surface area (Å²) in [5, 5.41) is 3.13. The van der Waals surface area contributed by atoms with Crippen LogP contribution < -0.4 is 5.32 Å². The molecule has 0 aromatic rings. The summed E-state index contributed by atoms with van der Waals surface area (Å²) in [7, 11) is -3.48. The van der Waals surface area contributed by atoms with Crippen LogP contribution in [0, 0.1) is 0 Å². The van der Waals surface area contributed by atoms with Crippen molar-refractivity contribution in [3.63, 3.8) is 0 Å². The van der Waals surface area contributed by atoms with Gasteiger partial charge in [0.2, 0.25) is 10.0 Å². The van der Waals surface area contributed by atoms with Crippen LogP contribution in [0.15, 0.2) is 0 Å². The Bertz CT molecular complexity index is 393. The van der Waals surface area contributed by atoms with E-state index in [1.165, 1.54) is 11.2 Å². The van der Waals surface area contributed by atoms with E-state index < -0.39 is 14.8 Å². The Morgan fingerprint density at radius 3 is 2.18 bits per heavy atom. The molecule has 2 rings (SSSR count). The van der Waals surface area contributed by atoms with E-state index >= 15 is 0 Å². The molecule has 0 atom stereocenters. The largest absolute Gasteiger partial charge is 0.314 e. The molecule has 1 heterocycles. The van der Waals surface area contributed by atoms with E-state index in [-0.39, 0.29) is 5.78 Å². The van der Waals surface area contributed by atoms with Gasteiger partial charge in [-0.15, -0.1) is 0 Å². The maximum Gasteiger partial charge on any atom is 0.227 e. The molecule has 98 valence electrons. The smallest absolute Gasteiger partial charge is 0.227 e. The van der Waals surface area contributed by atoms with Crippen LogP contribution in [0.1, 0.15) is 32.6 Å². The maximum absolute atomic E-state index is 12.6. The van der Waals surface area contributed by atoms with Crippen molar-refractivity contribution in [1.29, 1.82) is 0 Å². The van der Waals surface area contributed by atoms with Crippen molar-refractivity contribution in [1.82, 2.24) is 9.62 Å². The van der Waals surface area contributed by atoms with Gasteiger partial charge in [0.05, 0.1) is 0 Å². The highest BCUT2D eigenvalue weighted by Gasteiger charge is 2.52. The summed E-state index contributed by atoms with van der Waals surface area (Å²) in [5.41, 5.74) is 0. The Morgan fingerprint density at radius 1 is 1.18 bits per heavy atom. The lowest BCUT2D eigenvalue weighted by atomic mass is 10.0. The molecule has 6 heteroatoms. The summed E-state index contributed by atoms with van der Waals surface area (Å²) < 4.78 is 25.6. The van der Waals surface area contributed by atoms with Gasteiger partial charge in [-0.05, 0) is 19.8 Å². The van der Waals surface area contributed by atoms with E-state index in [2.05, 4.69) is 5.32 Å². The highest BCUT2D eigenvalue weighted by molar-refractivity contribution is 7.91. The molecule has 2 aliphatic rings. The summed E-state index contributed by atoms with van der Waals surface area (Å²) in [5.74, 6) is -0.187. The lowest BCUT2D eigenvalue weighted by Crippen LogP contribution is -2.56. The fraction of sp³-hybridized carbons (Fsp3) is 0.909. The van der Waals surface area contributed by atoms with Crippen molar-refractivity contribution in [3.05, 3.63) is 0 Å². The van der Waals surface area contributed by atoms with E-state index in [1.54, 1.807) is 0 Å². The average Bonchev–Trinajstić information content (AvgIpc) is 2.81. The molecule has 17 heavy (non-hydrogen) atoms. The highest BCUT2D eigenvalue weighted by atomic mass is 32.2. The molecule has 0 bridgehead atoms. The van der Waals surface area contributed by atoms with E-state index in [1.807, 2.05) is 0 Å². The maximum atomic E-state index is 12.6. The van der Waals surface area contributed by atoms with Crippen LogP contribution in [-0.4, -0.2) is 49.4 Å². The lowest BCUT2D eigenvalue weighted by molar-refractivity contribution is -0.119. The number of ketones is 1. The second kappa shape index (κ2) is 4.66. The van der Waals surface area contributed by atoms with E-state index in [0.29, 0.717) is 39.0 Å². The Hall–Kier alpha value is -0.460. The molecule has 1 aliphatic heterocycles. The van der Waals surface area contributed by atoms with Gasteiger partial charge in [0.1, 0.15) is 4.75 Å². The van der Waals surface area contributed by atoms with E-state index in [0.717, 1.165) is 12.8 Å². The lowest BCUT2D eigenvalue weighted by Gasteiger charge is -2.35. The molecule has 1 N–H and O–H groups in total. The zero-order chi connectivity index (χ0) is 12.5. The zero-order valence-electron chi connectivity index (χ0n) is 10.2. The number of carbonyl (C=O) groups is 1. The number of nitrogens with zero attached hydrogens (tertiary/aromatic N) is 1. The first-order valence-corrected chi connectivity index (χ1v) is 7.66. The van der Waals surface area contributed by atoms with Crippen molar-refractivity contribution in [2.75, 3.05) is 26.2 Å². The minimum Gasteiger partial charge on any atom is -0.314 e. The normalized spacial score (nSPS) is 25.9. The second-order valence-electron chi connectivity index (χ2n) is 4.91. The zero-order valence-corrected chi connectivity index (χ0v) is 11.1. The quantitative estimate of drug-likeness (QED) is 0.783. The first-order chi connectivity index (χ1) is 8.01. The Labute approximate surface area is 103 Å². The molecule has 0 radical (unpaired) electrons. The number of carbonyl (C=O) groups excluding carboxylic acids is 1. The van der Waals surface area contributed by atoms with Gasteiger partial charge < -0.3 is 5.32 Å². The summed E-state index contributed by atoms with van der Waals surface area (Å²) in [4.78, 5) is 11.8. The Morgan fingerprint density at radius 2 is 1.71 bits per heavy atom. The van der Waals surface area contributed by atoms with Crippen LogP contribution in [0.2, 0.25) is 0 Å². The molecule has 1 aliphatic carbocycles. The molecule has 0 unspecified atom stereocenters. The van der Waals surface area contributed by atoms with Crippen LogP contribution in [-0.2, 0) is 14.8 Å². The van der Waals surface area contributed by atoms with Crippen molar-refractivity contribution < 1.29 is 13.2 Å². The number of nitrogens with one attached hydrogen (secondary N) is 1. The molecular formula is C11H20N2O3S. The van der Waals surface area contributed by atoms with Gasteiger partial charge in [-0.3, -0.25) is 4.79 Å². The van der Waals surface area contributed by atoms with Gasteiger partial charge in [0.15, 0.2) is 5.78 Å². The SMILES string of the molecule is CC(=O)C1(S(=O)(=O)N2CCNCC2)CCCC1. The van der Waals surface area contributed by atoms with Crippen LogP contribution in [0.5, 0.6) is 0 Å². The van der Waals surface area contributed by atoms with E-state index in [9.17, 15) is 13.2 Å². The summed E-state index contributed by atoms with van der Waals surface area (Å²) in [6, 6.07) is 0. The first-order valence-electron chi connectivity index (χ1n) is 6.22. The monoisotopic (exact) mass is 260 g/mol. The molecule has 2 fully saturated rings. The molecular weight excluding hydrogens is 240 g/mol. The fourth-order valence-corrected chi connectivity index (χ4v) is 5.19. The standard InChI is InChI=1S/C11H20N2O3S/c1-10(14)11(4-2-3-5-11)17(15,16)13-8-6-12-7-9-13/h12H,2-9H2,1H3. The number of sulfonamides is 1. The molecule has 0 aromatic carbocycles. The fourth-order valence-electron chi connectivity index (χ4n) is 2.87. The molecule has 5 nitrogen and oxygen atoms in total. The molecule has 1 saturated carbocycles. The summed E-state index contributed by atoms with van der Waals surface area (Å²) in [6.45, 7) is 3.74. The molecule has 0 amide bonds. The number of hydrogen-bond acceptors (Lipinski definition) is 4. The average molecular weight is 260 g/mol. The number of Topliss-reactive ketones (excluding diaryl/α,β-unsaturated/α-hetero) is 1. The van der Waals surface area contributed by atoms with Crippen molar-refractivity contribution in [2.45, 2.75) is 37.4 Å². The van der Waals surface area contributed by atoms with Gasteiger partial charge in [0.25, 0.3) is 0 Å². The molecule has 0 spiro atoms. The predicted octanol–water partition coefficient (Wildman–Crippen LogP) is 0.123. The van der Waals surface area contributed by atoms with Gasteiger partial charge in [0, 0.05) is 26.2 Å².